The first-order valence-electron chi connectivity index (χ1n) is 7.45. The Balaban J connectivity index is 2.20. The highest BCUT2D eigenvalue weighted by molar-refractivity contribution is 8.00. The quantitative estimate of drug-likeness (QED) is 0.794. The smallest absolute Gasteiger partial charge is 0.131 e. The molecule has 1 atom stereocenters. The van der Waals surface area contributed by atoms with Crippen LogP contribution in [-0.4, -0.2) is 27.1 Å². The van der Waals surface area contributed by atoms with Crippen molar-refractivity contribution < 1.29 is 0 Å². The fourth-order valence-electron chi connectivity index (χ4n) is 2.58. The minimum absolute atomic E-state index is 0.176. The van der Waals surface area contributed by atoms with Crippen molar-refractivity contribution in [1.29, 1.82) is 0 Å². The molecule has 0 spiro atoms. The Kier molecular flexibility index (Phi) is 5.90. The predicted octanol–water partition coefficient (Wildman–Crippen LogP) is 4.08. The van der Waals surface area contributed by atoms with Gasteiger partial charge in [0.05, 0.1) is 0 Å². The van der Waals surface area contributed by atoms with Crippen LogP contribution >= 0.6 is 23.1 Å². The molecule has 0 radical (unpaired) electrons. The summed E-state index contributed by atoms with van der Waals surface area (Å²) in [5.41, 5.74) is 0. The van der Waals surface area contributed by atoms with Crippen molar-refractivity contribution in [3.8, 4) is 0 Å². The molecule has 0 fully saturated rings. The summed E-state index contributed by atoms with van der Waals surface area (Å²) in [6.07, 6.45) is 8.46. The van der Waals surface area contributed by atoms with E-state index >= 15 is 0 Å². The molecular formula is C16H25N3S2. The standard InChI is InChI=1S/C16H25N3S2/c1-5-16(6-2,20-4)12-18-14(13-8-7-11-21-13)15-17-9-10-19(15)3/h7-11,14,18H,5-6,12H2,1-4H3. The van der Waals surface area contributed by atoms with Crippen LogP contribution in [0.3, 0.4) is 0 Å². The van der Waals surface area contributed by atoms with E-state index in [4.69, 9.17) is 0 Å². The van der Waals surface area contributed by atoms with Crippen molar-refractivity contribution in [3.63, 3.8) is 0 Å². The third-order valence-electron chi connectivity index (χ3n) is 4.29. The van der Waals surface area contributed by atoms with Crippen molar-refractivity contribution in [2.45, 2.75) is 37.5 Å². The first-order valence-corrected chi connectivity index (χ1v) is 9.55. The van der Waals surface area contributed by atoms with E-state index in [1.807, 2.05) is 24.2 Å². The fourth-order valence-corrected chi connectivity index (χ4v) is 4.18. The van der Waals surface area contributed by atoms with Crippen molar-refractivity contribution in [3.05, 3.63) is 40.6 Å². The topological polar surface area (TPSA) is 29.9 Å². The van der Waals surface area contributed by atoms with Gasteiger partial charge in [0, 0.05) is 35.6 Å². The van der Waals surface area contributed by atoms with Crippen LogP contribution in [0.1, 0.15) is 43.4 Å². The number of aryl methyl sites for hydroxylation is 1. The summed E-state index contributed by atoms with van der Waals surface area (Å²) in [6.45, 7) is 5.56. The number of thioether (sulfide) groups is 1. The maximum absolute atomic E-state index is 4.55. The van der Waals surface area contributed by atoms with Crippen LogP contribution in [-0.2, 0) is 7.05 Å². The molecule has 0 aliphatic carbocycles. The normalized spacial score (nSPS) is 13.5. The molecule has 21 heavy (non-hydrogen) atoms. The summed E-state index contributed by atoms with van der Waals surface area (Å²) < 4.78 is 2.41. The molecule has 0 saturated carbocycles. The van der Waals surface area contributed by atoms with Crippen molar-refractivity contribution in [2.24, 2.45) is 7.05 Å². The molecule has 0 aromatic carbocycles. The van der Waals surface area contributed by atoms with Crippen LogP contribution in [0.25, 0.3) is 0 Å². The average Bonchev–Trinajstić information content (AvgIpc) is 3.17. The third-order valence-corrected chi connectivity index (χ3v) is 6.82. The van der Waals surface area contributed by atoms with E-state index in [1.54, 1.807) is 11.3 Å². The van der Waals surface area contributed by atoms with Gasteiger partial charge in [0.1, 0.15) is 11.9 Å². The summed E-state index contributed by atoms with van der Waals surface area (Å²) >= 11 is 3.76. The molecule has 3 nitrogen and oxygen atoms in total. The van der Waals surface area contributed by atoms with Gasteiger partial charge in [-0.15, -0.1) is 11.3 Å². The fraction of sp³-hybridized carbons (Fsp3) is 0.562. The van der Waals surface area contributed by atoms with Crippen molar-refractivity contribution >= 4 is 23.1 Å². The summed E-state index contributed by atoms with van der Waals surface area (Å²) in [7, 11) is 2.06. The molecule has 2 rings (SSSR count). The monoisotopic (exact) mass is 323 g/mol. The Hall–Kier alpha value is -0.780. The lowest BCUT2D eigenvalue weighted by Crippen LogP contribution is -2.39. The second-order valence-corrected chi connectivity index (χ2v) is 7.57. The highest BCUT2D eigenvalue weighted by atomic mass is 32.2. The SMILES string of the molecule is CCC(CC)(CNC(c1cccs1)c1nccn1C)SC. The van der Waals surface area contributed by atoms with E-state index in [9.17, 15) is 0 Å². The van der Waals surface area contributed by atoms with Crippen LogP contribution in [0.2, 0.25) is 0 Å². The lowest BCUT2D eigenvalue weighted by Gasteiger charge is -2.32. The Morgan fingerprint density at radius 1 is 1.43 bits per heavy atom. The zero-order valence-corrected chi connectivity index (χ0v) is 14.9. The lowest BCUT2D eigenvalue weighted by atomic mass is 10.0. The van der Waals surface area contributed by atoms with Crippen molar-refractivity contribution in [1.82, 2.24) is 14.9 Å². The van der Waals surface area contributed by atoms with E-state index < -0.39 is 0 Å². The van der Waals surface area contributed by atoms with Gasteiger partial charge in [-0.2, -0.15) is 11.8 Å². The second-order valence-electron chi connectivity index (χ2n) is 5.32. The molecule has 0 aliphatic heterocycles. The Labute approximate surface area is 136 Å². The van der Waals surface area contributed by atoms with Crippen LogP contribution in [0.15, 0.2) is 29.9 Å². The van der Waals surface area contributed by atoms with Crippen molar-refractivity contribution in [2.75, 3.05) is 12.8 Å². The highest BCUT2D eigenvalue weighted by Crippen LogP contribution is 2.32. The molecule has 2 heterocycles. The zero-order valence-electron chi connectivity index (χ0n) is 13.3. The molecule has 0 bridgehead atoms. The molecule has 2 aromatic heterocycles. The van der Waals surface area contributed by atoms with Crippen LogP contribution < -0.4 is 5.32 Å². The zero-order chi connectivity index (χ0) is 15.3. The van der Waals surface area contributed by atoms with E-state index in [1.165, 1.54) is 17.7 Å². The minimum Gasteiger partial charge on any atom is -0.336 e. The minimum atomic E-state index is 0.176. The average molecular weight is 324 g/mol. The molecule has 0 aliphatic rings. The van der Waals surface area contributed by atoms with Gasteiger partial charge in [-0.1, -0.05) is 19.9 Å². The van der Waals surface area contributed by atoms with Crippen LogP contribution in [0.5, 0.6) is 0 Å². The molecular weight excluding hydrogens is 298 g/mol. The van der Waals surface area contributed by atoms with E-state index in [-0.39, 0.29) is 6.04 Å². The van der Waals surface area contributed by atoms with Gasteiger partial charge in [0.2, 0.25) is 0 Å². The number of imidazole rings is 1. The number of aromatic nitrogens is 2. The molecule has 0 amide bonds. The maximum Gasteiger partial charge on any atom is 0.131 e. The van der Waals surface area contributed by atoms with Gasteiger partial charge < -0.3 is 9.88 Å². The van der Waals surface area contributed by atoms with E-state index in [0.717, 1.165) is 12.4 Å². The van der Waals surface area contributed by atoms with Gasteiger partial charge in [0.25, 0.3) is 0 Å². The molecule has 2 aromatic rings. The highest BCUT2D eigenvalue weighted by Gasteiger charge is 2.28. The Bertz CT molecular complexity index is 521. The second kappa shape index (κ2) is 7.47. The summed E-state index contributed by atoms with van der Waals surface area (Å²) in [4.78, 5) is 5.88. The number of nitrogens with one attached hydrogen (secondary N) is 1. The number of thiophene rings is 1. The predicted molar refractivity (Wildman–Crippen MR) is 94.2 cm³/mol. The van der Waals surface area contributed by atoms with Gasteiger partial charge in [-0.05, 0) is 30.5 Å². The molecule has 1 N–H and O–H groups in total. The van der Waals surface area contributed by atoms with E-state index in [2.05, 4.69) is 59.5 Å². The van der Waals surface area contributed by atoms with Crippen LogP contribution in [0, 0.1) is 0 Å². The summed E-state index contributed by atoms with van der Waals surface area (Å²) in [5, 5.41) is 5.90. The first-order chi connectivity index (χ1) is 10.2. The van der Waals surface area contributed by atoms with Gasteiger partial charge in [-0.3, -0.25) is 0 Å². The molecule has 0 saturated heterocycles. The summed E-state index contributed by atoms with van der Waals surface area (Å²) in [5.74, 6) is 1.08. The van der Waals surface area contributed by atoms with E-state index in [0.29, 0.717) is 4.75 Å². The Morgan fingerprint density at radius 2 is 2.19 bits per heavy atom. The number of hydrogen-bond donors (Lipinski definition) is 1. The third kappa shape index (κ3) is 3.71. The first kappa shape index (κ1) is 16.6. The van der Waals surface area contributed by atoms with Gasteiger partial charge >= 0.3 is 0 Å². The number of hydrogen-bond acceptors (Lipinski definition) is 4. The van der Waals surface area contributed by atoms with Gasteiger partial charge in [-0.25, -0.2) is 4.98 Å². The molecule has 116 valence electrons. The van der Waals surface area contributed by atoms with Gasteiger partial charge in [0.15, 0.2) is 0 Å². The molecule has 1 unspecified atom stereocenters. The number of rotatable bonds is 8. The maximum atomic E-state index is 4.55. The summed E-state index contributed by atoms with van der Waals surface area (Å²) in [6, 6.07) is 4.48. The molecule has 5 heteroatoms. The lowest BCUT2D eigenvalue weighted by molar-refractivity contribution is 0.461. The number of nitrogens with zero attached hydrogens (tertiary/aromatic N) is 2. The Morgan fingerprint density at radius 3 is 2.67 bits per heavy atom. The van der Waals surface area contributed by atoms with Crippen LogP contribution in [0.4, 0.5) is 0 Å². The largest absolute Gasteiger partial charge is 0.336 e.